The van der Waals surface area contributed by atoms with Crippen molar-refractivity contribution in [3.05, 3.63) is 48.7 Å². The van der Waals surface area contributed by atoms with Crippen molar-refractivity contribution in [1.29, 1.82) is 0 Å². The maximum atomic E-state index is 12.6. The second-order valence-electron chi connectivity index (χ2n) is 3.64. The second-order valence-corrected chi connectivity index (χ2v) is 4.49. The summed E-state index contributed by atoms with van der Waals surface area (Å²) < 4.78 is 37.9. The number of aromatic amines is 1. The number of alkyl halides is 3. The molecule has 0 atom stereocenters. The fourth-order valence-electron chi connectivity index (χ4n) is 1.59. The van der Waals surface area contributed by atoms with Crippen LogP contribution in [0.5, 0.6) is 0 Å². The van der Waals surface area contributed by atoms with Gasteiger partial charge >= 0.3 is 6.18 Å². The molecule has 1 aromatic heterocycles. The first kappa shape index (κ1) is 13.5. The van der Waals surface area contributed by atoms with Gasteiger partial charge in [-0.2, -0.15) is 13.2 Å². The molecule has 0 saturated heterocycles. The van der Waals surface area contributed by atoms with E-state index in [0.29, 0.717) is 12.1 Å². The number of rotatable bonds is 1. The molecule has 0 fully saturated rings. The van der Waals surface area contributed by atoms with Crippen molar-refractivity contribution in [1.82, 2.24) is 4.98 Å². The standard InChI is InChI=1S/C10H4BrF3N2O3/c11-6-3-15-8-5(9(6)17)1-4(10(12,13)14)2-7(8)16(18)19/h1-3H,(H,15,17). The van der Waals surface area contributed by atoms with E-state index in [0.717, 1.165) is 6.20 Å². The fourth-order valence-corrected chi connectivity index (χ4v) is 1.92. The summed E-state index contributed by atoms with van der Waals surface area (Å²) in [4.78, 5) is 24.0. The Balaban J connectivity index is 2.97. The van der Waals surface area contributed by atoms with Gasteiger partial charge in [0.15, 0.2) is 0 Å². The average molecular weight is 337 g/mol. The molecule has 0 saturated carbocycles. The van der Waals surface area contributed by atoms with Crippen LogP contribution in [0.3, 0.4) is 0 Å². The number of halogens is 4. The quantitative estimate of drug-likeness (QED) is 0.641. The molecule has 2 aromatic rings. The number of nitro benzene ring substituents is 1. The van der Waals surface area contributed by atoms with Crippen molar-refractivity contribution in [3.63, 3.8) is 0 Å². The fraction of sp³-hybridized carbons (Fsp3) is 0.100. The molecule has 0 unspecified atom stereocenters. The van der Waals surface area contributed by atoms with E-state index in [1.54, 1.807) is 0 Å². The molecule has 1 heterocycles. The van der Waals surface area contributed by atoms with Gasteiger partial charge in [0.1, 0.15) is 5.52 Å². The van der Waals surface area contributed by atoms with Crippen molar-refractivity contribution in [3.8, 4) is 0 Å². The molecule has 1 aromatic carbocycles. The molecule has 5 nitrogen and oxygen atoms in total. The lowest BCUT2D eigenvalue weighted by molar-refractivity contribution is -0.383. The first-order chi connectivity index (χ1) is 8.71. The number of hydrogen-bond donors (Lipinski definition) is 1. The number of nitro groups is 1. The minimum atomic E-state index is -4.77. The van der Waals surface area contributed by atoms with Crippen LogP contribution in [0.25, 0.3) is 10.9 Å². The highest BCUT2D eigenvalue weighted by molar-refractivity contribution is 9.10. The summed E-state index contributed by atoms with van der Waals surface area (Å²) in [5, 5.41) is 10.4. The lowest BCUT2D eigenvalue weighted by atomic mass is 10.1. The van der Waals surface area contributed by atoms with Gasteiger partial charge in [0.2, 0.25) is 5.43 Å². The number of H-pyrrole nitrogens is 1. The summed E-state index contributed by atoms with van der Waals surface area (Å²) in [5.74, 6) is 0. The summed E-state index contributed by atoms with van der Waals surface area (Å²) >= 11 is 2.86. The van der Waals surface area contributed by atoms with Gasteiger partial charge in [-0.05, 0) is 22.0 Å². The van der Waals surface area contributed by atoms with Crippen LogP contribution in [0, 0.1) is 10.1 Å². The predicted octanol–water partition coefficient (Wildman–Crippen LogP) is 3.22. The van der Waals surface area contributed by atoms with E-state index in [1.165, 1.54) is 0 Å². The lowest BCUT2D eigenvalue weighted by Gasteiger charge is -2.08. The number of non-ortho nitro benzene ring substituents is 1. The topological polar surface area (TPSA) is 76.0 Å². The largest absolute Gasteiger partial charge is 0.416 e. The molecule has 100 valence electrons. The van der Waals surface area contributed by atoms with E-state index in [-0.39, 0.29) is 9.99 Å². The molecule has 0 spiro atoms. The van der Waals surface area contributed by atoms with Gasteiger partial charge in [-0.15, -0.1) is 0 Å². The smallest absolute Gasteiger partial charge is 0.354 e. The molecule has 19 heavy (non-hydrogen) atoms. The van der Waals surface area contributed by atoms with Gasteiger partial charge in [-0.3, -0.25) is 14.9 Å². The third kappa shape index (κ3) is 2.33. The number of hydrogen-bond acceptors (Lipinski definition) is 3. The van der Waals surface area contributed by atoms with Crippen molar-refractivity contribution >= 4 is 32.5 Å². The minimum Gasteiger partial charge on any atom is -0.354 e. The normalized spacial score (nSPS) is 11.8. The molecule has 0 bridgehead atoms. The maximum absolute atomic E-state index is 12.6. The highest BCUT2D eigenvalue weighted by Gasteiger charge is 2.33. The van der Waals surface area contributed by atoms with E-state index < -0.39 is 33.2 Å². The van der Waals surface area contributed by atoms with Crippen molar-refractivity contribution in [2.24, 2.45) is 0 Å². The molecule has 0 amide bonds. The van der Waals surface area contributed by atoms with Crippen LogP contribution in [0.4, 0.5) is 18.9 Å². The Bertz CT molecular complexity index is 739. The Kier molecular flexibility index (Phi) is 3.09. The highest BCUT2D eigenvalue weighted by Crippen LogP contribution is 2.34. The van der Waals surface area contributed by atoms with Crippen LogP contribution in [0.15, 0.2) is 27.6 Å². The van der Waals surface area contributed by atoms with Crippen LogP contribution in [0.2, 0.25) is 0 Å². The zero-order valence-electron chi connectivity index (χ0n) is 8.92. The number of fused-ring (bicyclic) bond motifs is 1. The zero-order valence-corrected chi connectivity index (χ0v) is 10.5. The van der Waals surface area contributed by atoms with E-state index in [1.807, 2.05) is 0 Å². The molecule has 0 aliphatic carbocycles. The molecule has 2 rings (SSSR count). The Hall–Kier alpha value is -1.90. The van der Waals surface area contributed by atoms with Gasteiger partial charge < -0.3 is 4.98 Å². The van der Waals surface area contributed by atoms with E-state index in [4.69, 9.17) is 0 Å². The maximum Gasteiger partial charge on any atom is 0.416 e. The zero-order chi connectivity index (χ0) is 14.4. The third-order valence-electron chi connectivity index (χ3n) is 2.45. The van der Waals surface area contributed by atoms with E-state index >= 15 is 0 Å². The summed E-state index contributed by atoms with van der Waals surface area (Å²) in [6.07, 6.45) is -3.63. The first-order valence-corrected chi connectivity index (χ1v) is 5.57. The van der Waals surface area contributed by atoms with Crippen LogP contribution in [0.1, 0.15) is 5.56 Å². The molecular formula is C10H4BrF3N2O3. The molecule has 1 N–H and O–H groups in total. The van der Waals surface area contributed by atoms with Gasteiger partial charge in [0, 0.05) is 12.3 Å². The number of pyridine rings is 1. The van der Waals surface area contributed by atoms with Crippen LogP contribution in [-0.2, 0) is 6.18 Å². The van der Waals surface area contributed by atoms with Gasteiger partial charge in [0.25, 0.3) is 5.69 Å². The summed E-state index contributed by atoms with van der Waals surface area (Å²) in [6.45, 7) is 0. The first-order valence-electron chi connectivity index (χ1n) is 4.78. The monoisotopic (exact) mass is 336 g/mol. The Morgan fingerprint density at radius 1 is 1.32 bits per heavy atom. The van der Waals surface area contributed by atoms with Crippen molar-refractivity contribution in [2.75, 3.05) is 0 Å². The van der Waals surface area contributed by atoms with Gasteiger partial charge in [-0.25, -0.2) is 0 Å². The number of aromatic nitrogens is 1. The van der Waals surface area contributed by atoms with Crippen molar-refractivity contribution < 1.29 is 18.1 Å². The molecular weight excluding hydrogens is 333 g/mol. The molecule has 0 aliphatic rings. The Labute approximate surface area is 111 Å². The Morgan fingerprint density at radius 2 is 1.95 bits per heavy atom. The van der Waals surface area contributed by atoms with Gasteiger partial charge in [-0.1, -0.05) is 0 Å². The van der Waals surface area contributed by atoms with Crippen LogP contribution in [-0.4, -0.2) is 9.91 Å². The number of nitrogens with one attached hydrogen (secondary N) is 1. The number of benzene rings is 1. The Morgan fingerprint density at radius 3 is 2.47 bits per heavy atom. The molecule has 9 heteroatoms. The SMILES string of the molecule is O=c1c(Br)c[nH]c2c([N+](=O)[O-])cc(C(F)(F)F)cc12. The molecule has 0 radical (unpaired) electrons. The summed E-state index contributed by atoms with van der Waals surface area (Å²) in [6, 6.07) is 0.984. The minimum absolute atomic E-state index is 0.00591. The summed E-state index contributed by atoms with van der Waals surface area (Å²) in [5.41, 5.74) is -3.03. The highest BCUT2D eigenvalue weighted by atomic mass is 79.9. The number of nitrogens with zero attached hydrogens (tertiary/aromatic N) is 1. The lowest BCUT2D eigenvalue weighted by Crippen LogP contribution is -2.10. The van der Waals surface area contributed by atoms with E-state index in [9.17, 15) is 28.1 Å². The second kappa shape index (κ2) is 4.34. The van der Waals surface area contributed by atoms with Crippen LogP contribution < -0.4 is 5.43 Å². The average Bonchev–Trinajstić information content (AvgIpc) is 2.31. The van der Waals surface area contributed by atoms with E-state index in [2.05, 4.69) is 20.9 Å². The molecule has 0 aliphatic heterocycles. The third-order valence-corrected chi connectivity index (χ3v) is 3.04. The summed E-state index contributed by atoms with van der Waals surface area (Å²) in [7, 11) is 0. The van der Waals surface area contributed by atoms with Crippen LogP contribution >= 0.6 is 15.9 Å². The predicted molar refractivity (Wildman–Crippen MR) is 63.9 cm³/mol. The van der Waals surface area contributed by atoms with Gasteiger partial charge in [0.05, 0.1) is 20.3 Å². The van der Waals surface area contributed by atoms with Crippen molar-refractivity contribution in [2.45, 2.75) is 6.18 Å².